The molecule has 72 heavy (non-hydrogen) atoms. The van der Waals surface area contributed by atoms with Crippen molar-refractivity contribution in [1.29, 1.82) is 0 Å². The highest BCUT2D eigenvalue weighted by atomic mass is 16.6. The molecule has 3 rings (SSSR count). The van der Waals surface area contributed by atoms with Gasteiger partial charge < -0.3 is 30.6 Å². The number of aliphatic imine (C=N–C) groups is 1. The number of hydrogen-bond donors (Lipinski definition) is 2. The first-order valence-electron chi connectivity index (χ1n) is 32.3. The molecule has 0 aromatic rings. The molecule has 0 aromatic carbocycles. The maximum atomic E-state index is 12.5. The minimum Gasteiger partial charge on any atom is -1.00 e. The molecule has 0 unspecified atom stereocenters. The minimum atomic E-state index is -0.937. The van der Waals surface area contributed by atoms with Gasteiger partial charge in [-0.2, -0.15) is 4.99 Å². The van der Waals surface area contributed by atoms with Crippen LogP contribution in [0.2, 0.25) is 0 Å². The van der Waals surface area contributed by atoms with Gasteiger partial charge in [0.05, 0.1) is 44.5 Å². The summed E-state index contributed by atoms with van der Waals surface area (Å²) in [6.45, 7) is 34.0. The molecule has 0 heterocycles. The van der Waals surface area contributed by atoms with Crippen molar-refractivity contribution in [3.63, 3.8) is 0 Å². The molecule has 2 N–H and O–H groups in total. The van der Waals surface area contributed by atoms with Gasteiger partial charge in [-0.1, -0.05) is 94.4 Å². The van der Waals surface area contributed by atoms with Crippen LogP contribution in [0.25, 0.3) is 0 Å². The number of unbranched alkanes of at least 4 members (excludes halogenated alkanes) is 3. The molecule has 432 valence electrons. The van der Waals surface area contributed by atoms with Crippen molar-refractivity contribution in [2.45, 2.75) is 242 Å². The van der Waals surface area contributed by atoms with Crippen molar-refractivity contribution in [3.8, 4) is 0 Å². The van der Waals surface area contributed by atoms with Crippen molar-refractivity contribution in [3.05, 3.63) is 38.0 Å². The Morgan fingerprint density at radius 2 is 1.03 bits per heavy atom. The van der Waals surface area contributed by atoms with Crippen LogP contribution >= 0.6 is 0 Å². The van der Waals surface area contributed by atoms with E-state index < -0.39 is 51.8 Å². The maximum absolute atomic E-state index is 12.5. The third-order valence-corrected chi connectivity index (χ3v) is 14.9. The molecule has 3 fully saturated rings. The average Bonchev–Trinajstić information content (AvgIpc) is 4.11. The summed E-state index contributed by atoms with van der Waals surface area (Å²) in [5.41, 5.74) is -2.45. The van der Waals surface area contributed by atoms with E-state index in [1.165, 1.54) is 46.0 Å². The van der Waals surface area contributed by atoms with E-state index >= 15 is 0 Å². The number of hydrogen-bond acceptors (Lipinski definition) is 12. The highest BCUT2D eigenvalue weighted by Gasteiger charge is 2.45. The zero-order chi connectivity index (χ0) is 66.9. The Kier molecular flexibility index (Phi) is 26.9. The van der Waals surface area contributed by atoms with Crippen molar-refractivity contribution in [2.75, 3.05) is 14.2 Å². The number of aliphatic carboxylic acids is 1. The number of aliphatic hydroxyl groups is 1. The van der Waals surface area contributed by atoms with E-state index in [-0.39, 0.29) is 52.0 Å². The third kappa shape index (κ3) is 25.2. The predicted octanol–water partition coefficient (Wildman–Crippen LogP) is 15.5. The van der Waals surface area contributed by atoms with Crippen molar-refractivity contribution >= 4 is 35.9 Å². The zero-order valence-electron chi connectivity index (χ0n) is 59.9. The van der Waals surface area contributed by atoms with Gasteiger partial charge in [-0.05, 0) is 164 Å². The summed E-state index contributed by atoms with van der Waals surface area (Å²) >= 11 is 0. The van der Waals surface area contributed by atoms with Gasteiger partial charge in [0.1, 0.15) is 11.2 Å². The fourth-order valence-corrected chi connectivity index (χ4v) is 10.1. The lowest BCUT2D eigenvalue weighted by Gasteiger charge is -2.33. The molecule has 3 aliphatic rings. The number of isocyanates is 1. The standard InChI is InChI=1S/C20H34O4.C19H32O4.C11H20O.C8H13NO3.CH4.7H2.H/c1-7-8-9-11-15-12-10-13-20(15,5)24-17(21)14-16(18(22)23-6)19(2,3)4;1-6-7-8-10-14-11-9-12-19(14,5)23-16(20)13-15(17(21)22)18(2,3)4;1-3-4-5-7-10-8-6-9-11(10,2)12;1-8(2,3)6(9-5-10)7(11)12-4;;;;;;;;;/h7,15-16H,1,8-14H2,2-6H3;6,14-15H,1,7-13H2,2-5H3,(H,21,22);3,10,12H,1,4-9H2,2H3;6H,1-4H3;1H4;7*1H;/q;;;;;;;;;;;;-1/t15-,16-,20-;14-,15-,19-;10-,11-;6-;;;;;;;;;/m1111........./s1/i;;;;;6*1+1D;2*1+1. The monoisotopic (exact) mass is 1050 g/mol. The molecular weight excluding hydrogens is 915 g/mol. The van der Waals surface area contributed by atoms with Gasteiger partial charge in [0.25, 0.3) is 0 Å². The van der Waals surface area contributed by atoms with Crippen molar-refractivity contribution in [1.82, 2.24) is 0 Å². The highest BCUT2D eigenvalue weighted by Crippen LogP contribution is 2.44. The van der Waals surface area contributed by atoms with Gasteiger partial charge in [0.15, 0.2) is 6.04 Å². The van der Waals surface area contributed by atoms with E-state index in [1.807, 2.05) is 80.5 Å². The van der Waals surface area contributed by atoms with Gasteiger partial charge >= 0.3 is 29.8 Å². The van der Waals surface area contributed by atoms with Crippen LogP contribution in [-0.4, -0.2) is 83.2 Å². The Morgan fingerprint density at radius 1 is 0.667 bits per heavy atom. The molecule has 0 amide bonds. The number of carbonyl (C=O) groups is 5. The Balaban J connectivity index is -0.000000108. The van der Waals surface area contributed by atoms with E-state index in [4.69, 9.17) is 32.0 Å². The number of carboxylic acid groups (broad SMARTS) is 1. The van der Waals surface area contributed by atoms with Crippen LogP contribution in [0, 0.1) is 45.8 Å². The molecule has 0 spiro atoms. The van der Waals surface area contributed by atoms with Crippen LogP contribution in [0.3, 0.4) is 0 Å². The van der Waals surface area contributed by atoms with Gasteiger partial charge in [0.2, 0.25) is 6.08 Å². The van der Waals surface area contributed by atoms with Gasteiger partial charge in [0, 0.05) is 19.2 Å². The molecule has 3 aliphatic carbocycles. The lowest BCUT2D eigenvalue weighted by Crippen LogP contribution is -2.38. The summed E-state index contributed by atoms with van der Waals surface area (Å²) in [7, 11) is 2.63. The number of rotatable bonds is 22. The second-order valence-corrected chi connectivity index (χ2v) is 24.0. The van der Waals surface area contributed by atoms with Crippen LogP contribution in [-0.2, 0) is 47.7 Å². The number of allylic oxidation sites excluding steroid dienone is 3. The predicted molar refractivity (Wildman–Crippen MR) is 305 cm³/mol. The van der Waals surface area contributed by atoms with Crippen LogP contribution in [0.15, 0.2) is 43.0 Å². The SMILES string of the molecule is C.C=CCCC[C@@H]1CCC[C@@]1(C)O.C=CCCC[C@@H]1CCC[C@@]1(C)OC(=O)C[C@H](C(=O)O)C(C)(C)C.C=CCCC[C@@H]1CCC[C@@]1(C)OC(=O)C[C@H](C(=O)OC)C(C)(C)C.COC(=O)[C@@H](N=C=O)C(C)(C)C.[2H-].[2HH].[2H][2H].[2H][2H].[2H][2H].[2H][2H].[2H][2H].[2H][2H]. The molecule has 13 heteroatoms. The number of carbonyl (C=O) groups excluding carboxylic acids is 5. The van der Waals surface area contributed by atoms with Crippen LogP contribution in [0.1, 0.15) is 240 Å². The molecule has 0 aromatic heterocycles. The van der Waals surface area contributed by atoms with Crippen molar-refractivity contribution in [2.24, 2.45) is 50.8 Å². The highest BCUT2D eigenvalue weighted by molar-refractivity contribution is 5.81. The fourth-order valence-electron chi connectivity index (χ4n) is 10.1. The molecule has 0 saturated heterocycles. The van der Waals surface area contributed by atoms with Gasteiger partial charge in [-0.25, -0.2) is 9.59 Å². The largest absolute Gasteiger partial charge is 1.00 e. The zero-order valence-corrected chi connectivity index (χ0v) is 46.9. The van der Waals surface area contributed by atoms with E-state index in [9.17, 15) is 39.0 Å². The second kappa shape index (κ2) is 33.0. The number of ether oxygens (including phenoxy) is 4. The molecular formula is C59H118NO12-. The molecule has 0 aliphatic heterocycles. The van der Waals surface area contributed by atoms with Gasteiger partial charge in [-0.3, -0.25) is 19.2 Å². The van der Waals surface area contributed by atoms with E-state index in [0.717, 1.165) is 89.9 Å². The first-order chi connectivity index (χ1) is 38.8. The summed E-state index contributed by atoms with van der Waals surface area (Å²) in [6, 6.07) is -0.764. The summed E-state index contributed by atoms with van der Waals surface area (Å²) < 4.78 is 81.0. The number of esters is 4. The van der Waals surface area contributed by atoms with Crippen molar-refractivity contribution < 1.29 is 78.6 Å². The first kappa shape index (κ1) is 58.8. The summed E-state index contributed by atoms with van der Waals surface area (Å²) in [4.78, 5) is 72.7. The molecule has 9 atom stereocenters. The molecule has 0 radical (unpaired) electrons. The first-order valence-corrected chi connectivity index (χ1v) is 26.3. The summed E-state index contributed by atoms with van der Waals surface area (Å²) in [5, 5.41) is 19.3. The third-order valence-electron chi connectivity index (χ3n) is 14.9. The van der Waals surface area contributed by atoms with Crippen LogP contribution < -0.4 is 0 Å². The van der Waals surface area contributed by atoms with E-state index in [1.54, 1.807) is 20.8 Å². The normalized spacial score (nSPS) is 25.3. The smallest absolute Gasteiger partial charge is 0.332 e. The van der Waals surface area contributed by atoms with E-state index in [0.29, 0.717) is 17.8 Å². The fraction of sp³-hybridized carbons (Fsp3) is 0.797. The quantitative estimate of drug-likeness (QED) is 0.0261. The molecule has 0 bridgehead atoms. The Bertz CT molecular complexity index is 1780. The summed E-state index contributed by atoms with van der Waals surface area (Å²) in [5.74, 6) is -2.38. The molecule has 3 saturated carbocycles. The number of carboxylic acids is 1. The Labute approximate surface area is 458 Å². The minimum absolute atomic E-state index is 0. The Morgan fingerprint density at radius 3 is 1.33 bits per heavy atom. The summed E-state index contributed by atoms with van der Waals surface area (Å²) in [6.07, 6.45) is 26.3. The topological polar surface area (TPSA) is 192 Å². The average molecular weight is 1050 g/mol. The van der Waals surface area contributed by atoms with Gasteiger partial charge in [-0.15, -0.1) is 19.7 Å². The second-order valence-electron chi connectivity index (χ2n) is 24.0. The lowest BCUT2D eigenvalue weighted by atomic mass is 9.78. The number of methoxy groups -OCH3 is 2. The van der Waals surface area contributed by atoms with Crippen LogP contribution in [0.5, 0.6) is 0 Å². The van der Waals surface area contributed by atoms with Crippen LogP contribution in [0.4, 0.5) is 0 Å². The Hall–Kier alpha value is -4.09. The number of nitrogens with zero attached hydrogens (tertiary/aromatic N) is 1. The van der Waals surface area contributed by atoms with E-state index in [2.05, 4.69) is 29.5 Å². The molecule has 13 nitrogen and oxygen atoms in total. The maximum Gasteiger partial charge on any atom is 0.332 e. The lowest BCUT2D eigenvalue weighted by molar-refractivity contribution is -0.168.